The van der Waals surface area contributed by atoms with Crippen LogP contribution >= 0.6 is 15.9 Å². The monoisotopic (exact) mass is 463 g/mol. The van der Waals surface area contributed by atoms with Crippen molar-refractivity contribution < 1.29 is 22.0 Å². The molecule has 3 aromatic rings. The molecule has 11 heteroatoms. The number of fused-ring (bicyclic) bond motifs is 2. The summed E-state index contributed by atoms with van der Waals surface area (Å²) in [5.74, 6) is -3.31. The topological polar surface area (TPSA) is 48.5 Å². The first-order chi connectivity index (χ1) is 13.0. The number of alkyl halides is 5. The van der Waals surface area contributed by atoms with Gasteiger partial charge in [0.05, 0.1) is 17.2 Å². The molecule has 0 amide bonds. The fraction of sp³-hybridized carbons (Fsp3) is 0.471. The lowest BCUT2D eigenvalue weighted by Gasteiger charge is -2.19. The number of rotatable bonds is 2. The average molecular weight is 464 g/mol. The minimum Gasteiger partial charge on any atom is -0.324 e. The van der Waals surface area contributed by atoms with Gasteiger partial charge in [0.15, 0.2) is 5.82 Å². The third kappa shape index (κ3) is 2.82. The third-order valence-electron chi connectivity index (χ3n) is 5.02. The van der Waals surface area contributed by atoms with Crippen molar-refractivity contribution in [3.05, 3.63) is 28.4 Å². The molecule has 0 N–H and O–H groups in total. The number of nitrogens with zero attached hydrogens (tertiary/aromatic N) is 5. The van der Waals surface area contributed by atoms with Crippen molar-refractivity contribution in [1.82, 2.24) is 24.1 Å². The Morgan fingerprint density at radius 1 is 1.18 bits per heavy atom. The summed E-state index contributed by atoms with van der Waals surface area (Å²) >= 11 is 3.52. The first kappa shape index (κ1) is 19.3. The number of hydrogen-bond donors (Lipinski definition) is 0. The van der Waals surface area contributed by atoms with Crippen LogP contribution in [0.2, 0.25) is 0 Å². The Bertz CT molecular complexity index is 1070. The standard InChI is InChI=1S/C17H15BrF5N5/c1-8-3-4-28-12(5-8)26-13(14(28)18)15-25-9-6-11(16(19,20)17(21,22)23)24-7-10(9)27(15)2/h6-8H,3-5H2,1-2H3. The van der Waals surface area contributed by atoms with Crippen molar-refractivity contribution >= 4 is 27.0 Å². The number of hydrogen-bond acceptors (Lipinski definition) is 3. The molecule has 3 aromatic heterocycles. The maximum atomic E-state index is 13.6. The summed E-state index contributed by atoms with van der Waals surface area (Å²) in [6.07, 6.45) is -2.95. The Balaban J connectivity index is 1.83. The predicted molar refractivity (Wildman–Crippen MR) is 94.9 cm³/mol. The Hall–Kier alpha value is -2.04. The molecule has 1 aliphatic heterocycles. The molecule has 0 aromatic carbocycles. The molecule has 0 fully saturated rings. The number of pyridine rings is 1. The average Bonchev–Trinajstić information content (AvgIpc) is 3.10. The van der Waals surface area contributed by atoms with Crippen LogP contribution in [0.5, 0.6) is 0 Å². The molecular weight excluding hydrogens is 449 g/mol. The lowest BCUT2D eigenvalue weighted by Crippen LogP contribution is -2.34. The van der Waals surface area contributed by atoms with Crippen LogP contribution in [0.4, 0.5) is 22.0 Å². The van der Waals surface area contributed by atoms with Crippen molar-refractivity contribution in [1.29, 1.82) is 0 Å². The molecule has 1 aliphatic rings. The van der Waals surface area contributed by atoms with Gasteiger partial charge in [-0.2, -0.15) is 22.0 Å². The van der Waals surface area contributed by atoms with Crippen molar-refractivity contribution in [2.45, 2.75) is 38.4 Å². The SMILES string of the molecule is CC1CCn2c(nc(-c3nc4cc(C(F)(F)C(F)(F)F)ncc4n3C)c2Br)C1. The van der Waals surface area contributed by atoms with E-state index < -0.39 is 17.8 Å². The molecule has 0 bridgehead atoms. The molecule has 0 saturated carbocycles. The fourth-order valence-electron chi connectivity index (χ4n) is 3.38. The second kappa shape index (κ2) is 6.23. The molecule has 0 spiro atoms. The van der Waals surface area contributed by atoms with Crippen LogP contribution < -0.4 is 0 Å². The number of imidazole rings is 2. The van der Waals surface area contributed by atoms with Crippen molar-refractivity contribution in [3.8, 4) is 11.5 Å². The van der Waals surface area contributed by atoms with Crippen LogP contribution in [0.3, 0.4) is 0 Å². The van der Waals surface area contributed by atoms with Gasteiger partial charge in [0.1, 0.15) is 21.8 Å². The Morgan fingerprint density at radius 3 is 2.57 bits per heavy atom. The largest absolute Gasteiger partial charge is 0.459 e. The molecule has 1 unspecified atom stereocenters. The molecule has 0 radical (unpaired) electrons. The maximum absolute atomic E-state index is 13.6. The summed E-state index contributed by atoms with van der Waals surface area (Å²) in [6, 6.07) is 0.679. The lowest BCUT2D eigenvalue weighted by atomic mass is 10.0. The van der Waals surface area contributed by atoms with Crippen LogP contribution in [-0.4, -0.2) is 30.3 Å². The molecular formula is C17H15BrF5N5. The third-order valence-corrected chi connectivity index (χ3v) is 5.82. The summed E-state index contributed by atoms with van der Waals surface area (Å²) in [6.45, 7) is 2.92. The van der Waals surface area contributed by atoms with E-state index in [9.17, 15) is 22.0 Å². The van der Waals surface area contributed by atoms with E-state index in [1.54, 1.807) is 11.6 Å². The van der Waals surface area contributed by atoms with Gasteiger partial charge in [-0.3, -0.25) is 4.98 Å². The van der Waals surface area contributed by atoms with Gasteiger partial charge in [-0.25, -0.2) is 9.97 Å². The van der Waals surface area contributed by atoms with Crippen LogP contribution in [0.1, 0.15) is 24.9 Å². The van der Waals surface area contributed by atoms with Crippen LogP contribution in [0.15, 0.2) is 16.9 Å². The first-order valence-corrected chi connectivity index (χ1v) is 9.32. The molecule has 5 nitrogen and oxygen atoms in total. The molecule has 150 valence electrons. The van der Waals surface area contributed by atoms with Crippen LogP contribution in [-0.2, 0) is 25.9 Å². The molecule has 1 atom stereocenters. The first-order valence-electron chi connectivity index (χ1n) is 8.53. The molecule has 4 rings (SSSR count). The zero-order valence-corrected chi connectivity index (χ0v) is 16.4. The van der Waals surface area contributed by atoms with Crippen molar-refractivity contribution in [2.75, 3.05) is 0 Å². The normalized spacial score (nSPS) is 17.9. The molecule has 28 heavy (non-hydrogen) atoms. The summed E-state index contributed by atoms with van der Waals surface area (Å²) in [7, 11) is 1.64. The van der Waals surface area contributed by atoms with Gasteiger partial charge < -0.3 is 9.13 Å². The van der Waals surface area contributed by atoms with Gasteiger partial charge in [-0.05, 0) is 34.3 Å². The Labute approximate surface area is 164 Å². The van der Waals surface area contributed by atoms with E-state index >= 15 is 0 Å². The maximum Gasteiger partial charge on any atom is 0.459 e. The van der Waals surface area contributed by atoms with Gasteiger partial charge >= 0.3 is 12.1 Å². The zero-order chi connectivity index (χ0) is 20.4. The minimum atomic E-state index is -5.73. The Morgan fingerprint density at radius 2 is 1.89 bits per heavy atom. The quantitative estimate of drug-likeness (QED) is 0.511. The van der Waals surface area contributed by atoms with Crippen LogP contribution in [0.25, 0.3) is 22.6 Å². The molecule has 4 heterocycles. The van der Waals surface area contributed by atoms with E-state index in [1.807, 2.05) is 4.57 Å². The van der Waals surface area contributed by atoms with E-state index in [-0.39, 0.29) is 5.52 Å². The van der Waals surface area contributed by atoms with Gasteiger partial charge in [0.25, 0.3) is 0 Å². The van der Waals surface area contributed by atoms with E-state index in [4.69, 9.17) is 0 Å². The summed E-state index contributed by atoms with van der Waals surface area (Å²) < 4.78 is 69.5. The fourth-order valence-corrected chi connectivity index (χ4v) is 4.03. The van der Waals surface area contributed by atoms with Gasteiger partial charge in [0.2, 0.25) is 0 Å². The highest BCUT2D eigenvalue weighted by Crippen LogP contribution is 2.43. The van der Waals surface area contributed by atoms with Crippen molar-refractivity contribution in [2.24, 2.45) is 13.0 Å². The van der Waals surface area contributed by atoms with Gasteiger partial charge in [-0.1, -0.05) is 6.92 Å². The second-order valence-electron chi connectivity index (χ2n) is 7.04. The van der Waals surface area contributed by atoms with E-state index in [0.717, 1.165) is 31.4 Å². The predicted octanol–water partition coefficient (Wildman–Crippen LogP) is 4.83. The van der Waals surface area contributed by atoms with E-state index in [0.29, 0.717) is 33.6 Å². The second-order valence-corrected chi connectivity index (χ2v) is 7.79. The highest BCUT2D eigenvalue weighted by Gasteiger charge is 2.60. The van der Waals surface area contributed by atoms with E-state index in [1.165, 1.54) is 0 Å². The highest BCUT2D eigenvalue weighted by atomic mass is 79.9. The number of aromatic nitrogens is 5. The minimum absolute atomic E-state index is 0.00216. The summed E-state index contributed by atoms with van der Waals surface area (Å²) in [5.41, 5.74) is -0.526. The summed E-state index contributed by atoms with van der Waals surface area (Å²) in [4.78, 5) is 12.2. The van der Waals surface area contributed by atoms with E-state index in [2.05, 4.69) is 37.8 Å². The molecule has 0 saturated heterocycles. The van der Waals surface area contributed by atoms with Crippen molar-refractivity contribution in [3.63, 3.8) is 0 Å². The van der Waals surface area contributed by atoms with Crippen LogP contribution in [0, 0.1) is 5.92 Å². The smallest absolute Gasteiger partial charge is 0.324 e. The zero-order valence-electron chi connectivity index (χ0n) is 14.9. The van der Waals surface area contributed by atoms with Gasteiger partial charge in [0, 0.05) is 20.0 Å². The number of halogens is 6. The number of aryl methyl sites for hydroxylation is 1. The van der Waals surface area contributed by atoms with Gasteiger partial charge in [-0.15, -0.1) is 0 Å². The summed E-state index contributed by atoms with van der Waals surface area (Å²) in [5, 5.41) is 0. The Kier molecular flexibility index (Phi) is 4.29. The molecule has 0 aliphatic carbocycles. The lowest BCUT2D eigenvalue weighted by molar-refractivity contribution is -0.290. The highest BCUT2D eigenvalue weighted by molar-refractivity contribution is 9.10.